The van der Waals surface area contributed by atoms with Gasteiger partial charge in [-0.25, -0.2) is 9.97 Å². The van der Waals surface area contributed by atoms with E-state index < -0.39 is 0 Å². The molecule has 3 N–H and O–H groups in total. The van der Waals surface area contributed by atoms with Crippen LogP contribution in [0.25, 0.3) is 10.9 Å². The van der Waals surface area contributed by atoms with Crippen molar-refractivity contribution in [2.75, 3.05) is 11.1 Å². The second-order valence-electron chi connectivity index (χ2n) is 7.71. The Bertz CT molecular complexity index is 975. The van der Waals surface area contributed by atoms with Crippen LogP contribution in [0.5, 0.6) is 5.75 Å². The Balaban J connectivity index is 1.42. The number of nitrogen functional groups attached to an aromatic ring is 1. The number of aromatic nitrogens is 3. The van der Waals surface area contributed by atoms with Gasteiger partial charge in [-0.3, -0.25) is 4.98 Å². The Hall–Kier alpha value is -2.89. The maximum absolute atomic E-state index is 6.35. The normalized spacial score (nSPS) is 19.5. The highest BCUT2D eigenvalue weighted by atomic mass is 16.5. The summed E-state index contributed by atoms with van der Waals surface area (Å²) in [7, 11) is 0. The fourth-order valence-corrected chi connectivity index (χ4v) is 4.00. The van der Waals surface area contributed by atoms with Gasteiger partial charge in [0, 0.05) is 28.8 Å². The number of nitrogens with one attached hydrogen (secondary N) is 1. The summed E-state index contributed by atoms with van der Waals surface area (Å²) < 4.78 is 6.35. The van der Waals surface area contributed by atoms with E-state index >= 15 is 0 Å². The van der Waals surface area contributed by atoms with Crippen LogP contribution in [0, 0.1) is 20.8 Å². The first kappa shape index (κ1) is 18.5. The molecule has 1 aliphatic rings. The summed E-state index contributed by atoms with van der Waals surface area (Å²) >= 11 is 0. The summed E-state index contributed by atoms with van der Waals surface area (Å²) in [4.78, 5) is 13.6. The standard InChI is InChI=1S/C22H27N5O/c1-13-11-14(2)26-22(25-13)27-16-7-9-17(10-8-16)28-20-6-4-5-19-21(20)18(23)12-15(3)24-19/h4-6,11-12,16-17H,7-10H2,1-3H3,(H2,23,24)(H,25,26,27). The van der Waals surface area contributed by atoms with Gasteiger partial charge in [0.2, 0.25) is 5.95 Å². The highest BCUT2D eigenvalue weighted by Crippen LogP contribution is 2.33. The molecule has 4 rings (SSSR count). The first-order chi connectivity index (χ1) is 13.5. The smallest absolute Gasteiger partial charge is 0.223 e. The van der Waals surface area contributed by atoms with E-state index in [9.17, 15) is 0 Å². The van der Waals surface area contributed by atoms with E-state index in [0.29, 0.717) is 6.04 Å². The third-order valence-corrected chi connectivity index (χ3v) is 5.24. The van der Waals surface area contributed by atoms with Crippen molar-refractivity contribution in [2.24, 2.45) is 0 Å². The minimum atomic E-state index is 0.185. The Kier molecular flexibility index (Phi) is 5.03. The molecule has 6 heteroatoms. The van der Waals surface area contributed by atoms with Gasteiger partial charge in [-0.2, -0.15) is 0 Å². The number of pyridine rings is 1. The number of hydrogen-bond acceptors (Lipinski definition) is 6. The Morgan fingerprint density at radius 3 is 2.32 bits per heavy atom. The van der Waals surface area contributed by atoms with Crippen LogP contribution in [0.3, 0.4) is 0 Å². The second-order valence-corrected chi connectivity index (χ2v) is 7.71. The molecule has 0 saturated heterocycles. The molecule has 146 valence electrons. The molecule has 0 spiro atoms. The number of nitrogens with zero attached hydrogens (tertiary/aromatic N) is 3. The molecule has 1 aromatic carbocycles. The van der Waals surface area contributed by atoms with Crippen LogP contribution in [0.4, 0.5) is 11.6 Å². The summed E-state index contributed by atoms with van der Waals surface area (Å²) in [6.45, 7) is 5.95. The van der Waals surface area contributed by atoms with Gasteiger partial charge in [0.05, 0.1) is 17.0 Å². The lowest BCUT2D eigenvalue weighted by atomic mass is 9.93. The quantitative estimate of drug-likeness (QED) is 0.704. The summed E-state index contributed by atoms with van der Waals surface area (Å²) in [5.41, 5.74) is 10.8. The molecular weight excluding hydrogens is 350 g/mol. The maximum Gasteiger partial charge on any atom is 0.223 e. The molecular formula is C22H27N5O. The summed E-state index contributed by atoms with van der Waals surface area (Å²) in [6.07, 6.45) is 4.21. The highest BCUT2D eigenvalue weighted by molar-refractivity contribution is 5.95. The van der Waals surface area contributed by atoms with Gasteiger partial charge in [-0.05, 0) is 70.7 Å². The topological polar surface area (TPSA) is 86.0 Å². The maximum atomic E-state index is 6.35. The minimum absolute atomic E-state index is 0.185. The lowest BCUT2D eigenvalue weighted by Gasteiger charge is -2.30. The molecule has 0 atom stereocenters. The average molecular weight is 377 g/mol. The van der Waals surface area contributed by atoms with Crippen molar-refractivity contribution in [3.05, 3.63) is 47.4 Å². The van der Waals surface area contributed by atoms with E-state index in [-0.39, 0.29) is 6.10 Å². The van der Waals surface area contributed by atoms with E-state index in [2.05, 4.69) is 20.3 Å². The fraction of sp³-hybridized carbons (Fsp3) is 0.409. The van der Waals surface area contributed by atoms with Crippen LogP contribution in [-0.2, 0) is 0 Å². The second kappa shape index (κ2) is 7.62. The van der Waals surface area contributed by atoms with Crippen molar-refractivity contribution < 1.29 is 4.74 Å². The zero-order valence-corrected chi connectivity index (χ0v) is 16.7. The zero-order valence-electron chi connectivity index (χ0n) is 16.7. The Morgan fingerprint density at radius 2 is 1.61 bits per heavy atom. The number of fused-ring (bicyclic) bond motifs is 1. The van der Waals surface area contributed by atoms with Crippen molar-refractivity contribution in [2.45, 2.75) is 58.6 Å². The molecule has 0 amide bonds. The molecule has 0 radical (unpaired) electrons. The van der Waals surface area contributed by atoms with E-state index in [4.69, 9.17) is 10.5 Å². The molecule has 0 bridgehead atoms. The summed E-state index contributed by atoms with van der Waals surface area (Å²) in [5.74, 6) is 1.56. The molecule has 1 fully saturated rings. The van der Waals surface area contributed by atoms with E-state index in [1.165, 1.54) is 0 Å². The van der Waals surface area contributed by atoms with Crippen LogP contribution < -0.4 is 15.8 Å². The number of hydrogen-bond donors (Lipinski definition) is 2. The molecule has 3 aromatic rings. The van der Waals surface area contributed by atoms with Gasteiger partial charge in [0.15, 0.2) is 0 Å². The lowest BCUT2D eigenvalue weighted by Crippen LogP contribution is -2.32. The van der Waals surface area contributed by atoms with E-state index in [0.717, 1.165) is 71.1 Å². The Labute approximate surface area is 165 Å². The number of anilines is 2. The van der Waals surface area contributed by atoms with Crippen molar-refractivity contribution in [1.29, 1.82) is 0 Å². The van der Waals surface area contributed by atoms with Gasteiger partial charge in [-0.15, -0.1) is 0 Å². The highest BCUT2D eigenvalue weighted by Gasteiger charge is 2.24. The van der Waals surface area contributed by atoms with Crippen molar-refractivity contribution >= 4 is 22.5 Å². The van der Waals surface area contributed by atoms with Crippen LogP contribution in [0.2, 0.25) is 0 Å². The van der Waals surface area contributed by atoms with Gasteiger partial charge in [0.25, 0.3) is 0 Å². The van der Waals surface area contributed by atoms with Crippen molar-refractivity contribution in [3.63, 3.8) is 0 Å². The number of nitrogens with two attached hydrogens (primary N) is 1. The molecule has 28 heavy (non-hydrogen) atoms. The first-order valence-corrected chi connectivity index (χ1v) is 9.89. The number of rotatable bonds is 4. The molecule has 1 saturated carbocycles. The SMILES string of the molecule is Cc1cc(C)nc(NC2CCC(Oc3cccc4nc(C)cc(N)c34)CC2)n1. The number of benzene rings is 1. The van der Waals surface area contributed by atoms with Crippen molar-refractivity contribution in [1.82, 2.24) is 15.0 Å². The van der Waals surface area contributed by atoms with Crippen LogP contribution in [0.1, 0.15) is 42.8 Å². The van der Waals surface area contributed by atoms with E-state index in [1.54, 1.807) is 0 Å². The molecule has 6 nitrogen and oxygen atoms in total. The zero-order chi connectivity index (χ0) is 19.7. The van der Waals surface area contributed by atoms with Crippen LogP contribution >= 0.6 is 0 Å². The monoisotopic (exact) mass is 377 g/mol. The Morgan fingerprint density at radius 1 is 0.929 bits per heavy atom. The average Bonchev–Trinajstić information content (AvgIpc) is 2.62. The molecule has 1 aliphatic carbocycles. The molecule has 0 aliphatic heterocycles. The van der Waals surface area contributed by atoms with Gasteiger partial charge in [-0.1, -0.05) is 6.07 Å². The third kappa shape index (κ3) is 4.01. The van der Waals surface area contributed by atoms with Gasteiger partial charge in [0.1, 0.15) is 5.75 Å². The molecule has 2 heterocycles. The number of ether oxygens (including phenoxy) is 1. The van der Waals surface area contributed by atoms with E-state index in [1.807, 2.05) is 51.1 Å². The lowest BCUT2D eigenvalue weighted by molar-refractivity contribution is 0.152. The summed E-state index contributed by atoms with van der Waals surface area (Å²) in [6, 6.07) is 10.2. The van der Waals surface area contributed by atoms with Crippen LogP contribution in [0.15, 0.2) is 30.3 Å². The largest absolute Gasteiger partial charge is 0.490 e. The minimum Gasteiger partial charge on any atom is -0.490 e. The van der Waals surface area contributed by atoms with Gasteiger partial charge < -0.3 is 15.8 Å². The van der Waals surface area contributed by atoms with Crippen LogP contribution in [-0.4, -0.2) is 27.1 Å². The molecule has 0 unspecified atom stereocenters. The van der Waals surface area contributed by atoms with Gasteiger partial charge >= 0.3 is 0 Å². The van der Waals surface area contributed by atoms with Crippen molar-refractivity contribution in [3.8, 4) is 5.75 Å². The third-order valence-electron chi connectivity index (χ3n) is 5.24. The number of aryl methyl sites for hydroxylation is 3. The first-order valence-electron chi connectivity index (χ1n) is 9.89. The fourth-order valence-electron chi connectivity index (χ4n) is 4.00. The predicted molar refractivity (Wildman–Crippen MR) is 113 cm³/mol. The summed E-state index contributed by atoms with van der Waals surface area (Å²) in [5, 5.41) is 4.40. The predicted octanol–water partition coefficient (Wildman–Crippen LogP) is 4.33. The molecule has 2 aromatic heterocycles.